The van der Waals surface area contributed by atoms with Crippen molar-refractivity contribution in [2.45, 2.75) is 49.0 Å². The molecule has 0 aromatic heterocycles. The van der Waals surface area contributed by atoms with E-state index in [-0.39, 0.29) is 35.3 Å². The van der Waals surface area contributed by atoms with Crippen LogP contribution < -0.4 is 15.2 Å². The predicted molar refractivity (Wildman–Crippen MR) is 96.7 cm³/mol. The van der Waals surface area contributed by atoms with Crippen molar-refractivity contribution in [3.05, 3.63) is 28.3 Å². The van der Waals surface area contributed by atoms with E-state index >= 15 is 0 Å². The summed E-state index contributed by atoms with van der Waals surface area (Å²) in [5.74, 6) is 0.0556. The lowest BCUT2D eigenvalue weighted by atomic mass is 9.92. The van der Waals surface area contributed by atoms with Gasteiger partial charge in [-0.3, -0.25) is 10.1 Å². The molecule has 0 aliphatic heterocycles. The van der Waals surface area contributed by atoms with E-state index in [0.717, 1.165) is 44.6 Å². The van der Waals surface area contributed by atoms with Crippen molar-refractivity contribution in [1.29, 1.82) is 0 Å². The standard InChI is InChI=1S/C15H23N3O5S.ClH/c1-23-13-7-6-12(18(19)20)10-14(13)24(21,22)17-11-15(16)8-4-2-3-5-9-15;/h6-7,10,17H,2-5,8-9,11,16H2,1H3;1H. The minimum absolute atomic E-state index is 0. The summed E-state index contributed by atoms with van der Waals surface area (Å²) in [6.07, 6.45) is 5.65. The molecule has 10 heteroatoms. The van der Waals surface area contributed by atoms with Gasteiger partial charge in [0.05, 0.1) is 12.0 Å². The molecule has 0 heterocycles. The first-order chi connectivity index (χ1) is 11.3. The molecule has 0 bridgehead atoms. The van der Waals surface area contributed by atoms with Gasteiger partial charge in [-0.1, -0.05) is 25.7 Å². The molecule has 1 aliphatic rings. The van der Waals surface area contributed by atoms with Crippen molar-refractivity contribution in [2.24, 2.45) is 5.73 Å². The van der Waals surface area contributed by atoms with Gasteiger partial charge in [-0.25, -0.2) is 13.1 Å². The lowest BCUT2D eigenvalue weighted by Gasteiger charge is -2.28. The number of nitrogens with one attached hydrogen (secondary N) is 1. The maximum Gasteiger partial charge on any atom is 0.271 e. The molecule has 8 nitrogen and oxygen atoms in total. The third-order valence-corrected chi connectivity index (χ3v) is 5.78. The number of nitrogens with zero attached hydrogens (tertiary/aromatic N) is 1. The van der Waals surface area contributed by atoms with Gasteiger partial charge in [0.1, 0.15) is 10.6 Å². The summed E-state index contributed by atoms with van der Waals surface area (Å²) in [7, 11) is -2.65. The number of nitrogens with two attached hydrogens (primary N) is 1. The van der Waals surface area contributed by atoms with Crippen LogP contribution in [0.2, 0.25) is 0 Å². The minimum Gasteiger partial charge on any atom is -0.495 e. The molecular weight excluding hydrogens is 370 g/mol. The van der Waals surface area contributed by atoms with Gasteiger partial charge in [0.25, 0.3) is 5.69 Å². The fraction of sp³-hybridized carbons (Fsp3) is 0.600. The lowest BCUT2D eigenvalue weighted by molar-refractivity contribution is -0.385. The highest BCUT2D eigenvalue weighted by Crippen LogP contribution is 2.29. The van der Waals surface area contributed by atoms with Gasteiger partial charge < -0.3 is 10.5 Å². The van der Waals surface area contributed by atoms with Crippen LogP contribution in [-0.2, 0) is 10.0 Å². The number of halogens is 1. The summed E-state index contributed by atoms with van der Waals surface area (Å²) in [5.41, 5.74) is 5.43. The molecule has 0 amide bonds. The van der Waals surface area contributed by atoms with E-state index in [4.69, 9.17) is 10.5 Å². The number of hydrogen-bond donors (Lipinski definition) is 2. The Labute approximate surface area is 153 Å². The maximum absolute atomic E-state index is 12.6. The summed E-state index contributed by atoms with van der Waals surface area (Å²) >= 11 is 0. The molecule has 25 heavy (non-hydrogen) atoms. The molecule has 0 saturated heterocycles. The third-order valence-electron chi connectivity index (χ3n) is 4.36. The summed E-state index contributed by atoms with van der Waals surface area (Å²) in [6.45, 7) is 0.0984. The van der Waals surface area contributed by atoms with Crippen LogP contribution in [0.3, 0.4) is 0 Å². The van der Waals surface area contributed by atoms with Gasteiger partial charge in [0, 0.05) is 24.2 Å². The average molecular weight is 394 g/mol. The number of nitro benzene ring substituents is 1. The Morgan fingerprint density at radius 1 is 1.28 bits per heavy atom. The van der Waals surface area contributed by atoms with Gasteiger partial charge in [-0.2, -0.15) is 0 Å². The topological polar surface area (TPSA) is 125 Å². The first-order valence-electron chi connectivity index (χ1n) is 7.88. The zero-order chi connectivity index (χ0) is 17.8. The zero-order valence-electron chi connectivity index (χ0n) is 14.1. The first-order valence-corrected chi connectivity index (χ1v) is 9.37. The van der Waals surface area contributed by atoms with Crippen LogP contribution >= 0.6 is 12.4 Å². The maximum atomic E-state index is 12.6. The second-order valence-corrected chi connectivity index (χ2v) is 7.93. The van der Waals surface area contributed by atoms with Crippen molar-refractivity contribution in [2.75, 3.05) is 13.7 Å². The van der Waals surface area contributed by atoms with Crippen molar-refractivity contribution in [3.63, 3.8) is 0 Å². The number of rotatable bonds is 6. The number of hydrogen-bond acceptors (Lipinski definition) is 6. The molecule has 142 valence electrons. The number of non-ortho nitro benzene ring substituents is 1. The second kappa shape index (κ2) is 8.79. The Kier molecular flexibility index (Phi) is 7.61. The summed E-state index contributed by atoms with van der Waals surface area (Å²) < 4.78 is 32.7. The van der Waals surface area contributed by atoms with Crippen LogP contribution in [0.5, 0.6) is 5.75 Å². The molecule has 1 aromatic rings. The van der Waals surface area contributed by atoms with Crippen LogP contribution in [0.4, 0.5) is 5.69 Å². The summed E-state index contributed by atoms with van der Waals surface area (Å²) in [6, 6.07) is 3.47. The Hall–Kier alpha value is -1.42. The third kappa shape index (κ3) is 5.53. The molecule has 3 N–H and O–H groups in total. The SMILES string of the molecule is COc1ccc([N+](=O)[O-])cc1S(=O)(=O)NCC1(N)CCCCCC1.Cl. The smallest absolute Gasteiger partial charge is 0.271 e. The van der Waals surface area contributed by atoms with Crippen molar-refractivity contribution in [1.82, 2.24) is 4.72 Å². The number of ether oxygens (including phenoxy) is 1. The van der Waals surface area contributed by atoms with Crippen molar-refractivity contribution < 1.29 is 18.1 Å². The fourth-order valence-corrected chi connectivity index (χ4v) is 4.24. The molecule has 0 spiro atoms. The van der Waals surface area contributed by atoms with Crippen LogP contribution in [0, 0.1) is 10.1 Å². The predicted octanol–water partition coefficient (Wildman–Crippen LogP) is 2.36. The molecule has 1 fully saturated rings. The highest BCUT2D eigenvalue weighted by atomic mass is 35.5. The number of benzene rings is 1. The Morgan fingerprint density at radius 2 is 1.88 bits per heavy atom. The number of nitro groups is 1. The summed E-state index contributed by atoms with van der Waals surface area (Å²) in [4.78, 5) is 10.0. The Bertz CT molecular complexity index is 703. The highest BCUT2D eigenvalue weighted by Gasteiger charge is 2.30. The van der Waals surface area contributed by atoms with Crippen LogP contribution in [0.1, 0.15) is 38.5 Å². The quantitative estimate of drug-likeness (QED) is 0.434. The largest absolute Gasteiger partial charge is 0.495 e. The normalized spacial score (nSPS) is 17.2. The van der Waals surface area contributed by atoms with E-state index < -0.39 is 20.5 Å². The highest BCUT2D eigenvalue weighted by molar-refractivity contribution is 7.89. The number of methoxy groups -OCH3 is 1. The van der Waals surface area contributed by atoms with E-state index in [9.17, 15) is 18.5 Å². The Balaban J connectivity index is 0.00000312. The molecule has 2 rings (SSSR count). The first kappa shape index (κ1) is 21.6. The van der Waals surface area contributed by atoms with Gasteiger partial charge in [0.15, 0.2) is 0 Å². The molecule has 0 unspecified atom stereocenters. The van der Waals surface area contributed by atoms with E-state index in [2.05, 4.69) is 4.72 Å². The Morgan fingerprint density at radius 3 is 2.40 bits per heavy atom. The molecule has 1 saturated carbocycles. The van der Waals surface area contributed by atoms with E-state index in [1.54, 1.807) is 0 Å². The monoisotopic (exact) mass is 393 g/mol. The van der Waals surface area contributed by atoms with E-state index in [1.165, 1.54) is 19.2 Å². The van der Waals surface area contributed by atoms with Gasteiger partial charge in [-0.15, -0.1) is 12.4 Å². The zero-order valence-corrected chi connectivity index (χ0v) is 15.7. The minimum atomic E-state index is -3.97. The van der Waals surface area contributed by atoms with Crippen molar-refractivity contribution in [3.8, 4) is 5.75 Å². The van der Waals surface area contributed by atoms with Gasteiger partial charge in [-0.05, 0) is 18.9 Å². The summed E-state index contributed by atoms with van der Waals surface area (Å²) in [5, 5.41) is 10.9. The van der Waals surface area contributed by atoms with E-state index in [1.807, 2.05) is 0 Å². The molecule has 0 radical (unpaired) electrons. The van der Waals surface area contributed by atoms with Crippen LogP contribution in [0.15, 0.2) is 23.1 Å². The molecular formula is C15H24ClN3O5S. The molecule has 0 atom stereocenters. The van der Waals surface area contributed by atoms with Gasteiger partial charge >= 0.3 is 0 Å². The van der Waals surface area contributed by atoms with E-state index in [0.29, 0.717) is 0 Å². The number of sulfonamides is 1. The lowest BCUT2D eigenvalue weighted by Crippen LogP contribution is -2.49. The van der Waals surface area contributed by atoms with Gasteiger partial charge in [0.2, 0.25) is 10.0 Å². The van der Waals surface area contributed by atoms with Crippen LogP contribution in [-0.4, -0.2) is 32.5 Å². The molecule has 1 aliphatic carbocycles. The fourth-order valence-electron chi connectivity index (χ4n) is 2.91. The molecule has 1 aromatic carbocycles. The second-order valence-electron chi connectivity index (χ2n) is 6.19. The average Bonchev–Trinajstić information content (AvgIpc) is 2.77. The van der Waals surface area contributed by atoms with Crippen molar-refractivity contribution >= 4 is 28.1 Å². The van der Waals surface area contributed by atoms with Crippen LogP contribution in [0.25, 0.3) is 0 Å².